The Balaban J connectivity index is 2.87. The van der Waals surface area contributed by atoms with E-state index < -0.39 is 5.91 Å². The van der Waals surface area contributed by atoms with E-state index in [1.165, 1.54) is 0 Å². The molecule has 1 heterocycles. The van der Waals surface area contributed by atoms with E-state index in [4.69, 9.17) is 5.73 Å². The molecule has 2 aromatic rings. The smallest absolute Gasteiger partial charge is 0.254 e. The van der Waals surface area contributed by atoms with E-state index in [-0.39, 0.29) is 11.0 Å². The maximum Gasteiger partial charge on any atom is 0.254 e. The van der Waals surface area contributed by atoms with Crippen molar-refractivity contribution < 1.29 is 4.79 Å². The van der Waals surface area contributed by atoms with E-state index in [1.54, 1.807) is 12.3 Å². The monoisotopic (exact) mass is 356 g/mol. The highest BCUT2D eigenvalue weighted by Crippen LogP contribution is 2.16. The van der Waals surface area contributed by atoms with Gasteiger partial charge >= 0.3 is 0 Å². The van der Waals surface area contributed by atoms with E-state index in [0.717, 1.165) is 22.1 Å². The van der Waals surface area contributed by atoms with Gasteiger partial charge in [-0.2, -0.15) is 0 Å². The van der Waals surface area contributed by atoms with Gasteiger partial charge in [-0.1, -0.05) is 6.92 Å². The van der Waals surface area contributed by atoms with Crippen molar-refractivity contribution >= 4 is 39.4 Å². The van der Waals surface area contributed by atoms with Gasteiger partial charge in [0.25, 0.3) is 5.91 Å². The summed E-state index contributed by atoms with van der Waals surface area (Å²) in [6.07, 6.45) is 2.48. The standard InChI is InChI=1S/C13H13IN2O2/c1-2-5-16-7-10(13(15)18)12(17)9-6-8(14)3-4-11(9)16/h3-4,6-7H,2,5H2,1H3,(H2,15,18). The number of hydrogen-bond donors (Lipinski definition) is 1. The highest BCUT2D eigenvalue weighted by molar-refractivity contribution is 14.1. The topological polar surface area (TPSA) is 65.1 Å². The van der Waals surface area contributed by atoms with Crippen LogP contribution in [-0.2, 0) is 6.54 Å². The Kier molecular flexibility index (Phi) is 3.70. The first kappa shape index (κ1) is 13.1. The van der Waals surface area contributed by atoms with Crippen LogP contribution < -0.4 is 11.2 Å². The summed E-state index contributed by atoms with van der Waals surface area (Å²) >= 11 is 2.14. The summed E-state index contributed by atoms with van der Waals surface area (Å²) in [4.78, 5) is 23.5. The molecular weight excluding hydrogens is 343 g/mol. The molecule has 0 aliphatic heterocycles. The molecule has 0 atom stereocenters. The molecule has 0 aliphatic carbocycles. The van der Waals surface area contributed by atoms with Crippen molar-refractivity contribution in [2.24, 2.45) is 5.73 Å². The number of carbonyl (C=O) groups is 1. The Hall–Kier alpha value is -1.37. The van der Waals surface area contributed by atoms with Gasteiger partial charge in [0.05, 0.1) is 5.52 Å². The highest BCUT2D eigenvalue weighted by atomic mass is 127. The third kappa shape index (κ3) is 2.27. The number of aryl methyl sites for hydroxylation is 1. The van der Waals surface area contributed by atoms with Crippen LogP contribution in [0.25, 0.3) is 10.9 Å². The molecule has 0 radical (unpaired) electrons. The lowest BCUT2D eigenvalue weighted by atomic mass is 10.1. The van der Waals surface area contributed by atoms with Crippen LogP contribution in [0.2, 0.25) is 0 Å². The molecule has 94 valence electrons. The first-order chi connectivity index (χ1) is 8.54. The molecule has 2 N–H and O–H groups in total. The quantitative estimate of drug-likeness (QED) is 0.857. The van der Waals surface area contributed by atoms with Crippen molar-refractivity contribution in [3.8, 4) is 0 Å². The van der Waals surface area contributed by atoms with Crippen molar-refractivity contribution in [2.45, 2.75) is 19.9 Å². The third-order valence-corrected chi connectivity index (χ3v) is 3.44. The molecule has 18 heavy (non-hydrogen) atoms. The second-order valence-corrected chi connectivity index (χ2v) is 5.34. The van der Waals surface area contributed by atoms with Crippen LogP contribution in [0.15, 0.2) is 29.2 Å². The fourth-order valence-electron chi connectivity index (χ4n) is 1.97. The molecular formula is C13H13IN2O2. The molecule has 1 amide bonds. The number of amides is 1. The largest absolute Gasteiger partial charge is 0.365 e. The zero-order chi connectivity index (χ0) is 13.3. The van der Waals surface area contributed by atoms with Crippen LogP contribution in [0.4, 0.5) is 0 Å². The van der Waals surface area contributed by atoms with Gasteiger partial charge < -0.3 is 10.3 Å². The Morgan fingerprint density at radius 3 is 2.78 bits per heavy atom. The molecule has 0 fully saturated rings. The number of aromatic nitrogens is 1. The molecule has 5 heteroatoms. The van der Waals surface area contributed by atoms with Crippen LogP contribution in [-0.4, -0.2) is 10.5 Å². The lowest BCUT2D eigenvalue weighted by Gasteiger charge is -2.11. The number of pyridine rings is 1. The number of nitrogens with two attached hydrogens (primary N) is 1. The van der Waals surface area contributed by atoms with Gasteiger partial charge in [0.15, 0.2) is 0 Å². The summed E-state index contributed by atoms with van der Waals surface area (Å²) in [6, 6.07) is 5.63. The Morgan fingerprint density at radius 2 is 2.17 bits per heavy atom. The second-order valence-electron chi connectivity index (χ2n) is 4.09. The summed E-state index contributed by atoms with van der Waals surface area (Å²) in [6.45, 7) is 2.79. The van der Waals surface area contributed by atoms with Crippen molar-refractivity contribution in [2.75, 3.05) is 0 Å². The van der Waals surface area contributed by atoms with Gasteiger partial charge in [0.2, 0.25) is 5.43 Å². The number of carbonyl (C=O) groups excluding carboxylic acids is 1. The van der Waals surface area contributed by atoms with E-state index >= 15 is 0 Å². The average molecular weight is 356 g/mol. The number of fused-ring (bicyclic) bond motifs is 1. The molecule has 1 aromatic heterocycles. The van der Waals surface area contributed by atoms with Crippen LogP contribution >= 0.6 is 22.6 Å². The number of benzene rings is 1. The summed E-state index contributed by atoms with van der Waals surface area (Å²) < 4.78 is 2.87. The minimum atomic E-state index is -0.675. The maximum absolute atomic E-state index is 12.2. The van der Waals surface area contributed by atoms with Gasteiger partial charge in [-0.05, 0) is 47.2 Å². The van der Waals surface area contributed by atoms with Gasteiger partial charge in [0.1, 0.15) is 5.56 Å². The fraction of sp³-hybridized carbons (Fsp3) is 0.231. The lowest BCUT2D eigenvalue weighted by molar-refractivity contribution is 0.0998. The van der Waals surface area contributed by atoms with Crippen molar-refractivity contribution in [1.82, 2.24) is 4.57 Å². The van der Waals surface area contributed by atoms with Crippen LogP contribution in [0.1, 0.15) is 23.7 Å². The van der Waals surface area contributed by atoms with E-state index in [0.29, 0.717) is 5.39 Å². The van der Waals surface area contributed by atoms with E-state index in [1.807, 2.05) is 23.6 Å². The summed E-state index contributed by atoms with van der Waals surface area (Å²) in [5.41, 5.74) is 5.86. The van der Waals surface area contributed by atoms with Crippen molar-refractivity contribution in [1.29, 1.82) is 0 Å². The van der Waals surface area contributed by atoms with Crippen LogP contribution in [0.5, 0.6) is 0 Å². The van der Waals surface area contributed by atoms with Gasteiger partial charge in [0, 0.05) is 21.7 Å². The number of primary amides is 1. The summed E-state index contributed by atoms with van der Waals surface area (Å²) in [5.74, 6) is -0.675. The highest BCUT2D eigenvalue weighted by Gasteiger charge is 2.12. The first-order valence-electron chi connectivity index (χ1n) is 5.67. The molecule has 2 rings (SSSR count). The summed E-state index contributed by atoms with van der Waals surface area (Å²) in [7, 11) is 0. The molecule has 0 aliphatic rings. The molecule has 1 aromatic carbocycles. The lowest BCUT2D eigenvalue weighted by Crippen LogP contribution is -2.24. The third-order valence-electron chi connectivity index (χ3n) is 2.77. The Labute approximate surface area is 118 Å². The predicted molar refractivity (Wildman–Crippen MR) is 79.7 cm³/mol. The predicted octanol–water partition coefficient (Wildman–Crippen LogP) is 2.12. The zero-order valence-corrected chi connectivity index (χ0v) is 12.1. The minimum Gasteiger partial charge on any atom is -0.365 e. The van der Waals surface area contributed by atoms with Gasteiger partial charge in [-0.25, -0.2) is 0 Å². The molecule has 0 unspecified atom stereocenters. The number of nitrogens with zero attached hydrogens (tertiary/aromatic N) is 1. The normalized spacial score (nSPS) is 10.8. The SMILES string of the molecule is CCCn1cc(C(N)=O)c(=O)c2cc(I)ccc21. The molecule has 0 bridgehead atoms. The van der Waals surface area contributed by atoms with E-state index in [2.05, 4.69) is 22.6 Å². The molecule has 0 saturated heterocycles. The van der Waals surface area contributed by atoms with Gasteiger partial charge in [-0.3, -0.25) is 9.59 Å². The van der Waals surface area contributed by atoms with Gasteiger partial charge in [-0.15, -0.1) is 0 Å². The molecule has 0 saturated carbocycles. The fourth-order valence-corrected chi connectivity index (χ4v) is 2.46. The minimum absolute atomic E-state index is 0.0537. The first-order valence-corrected chi connectivity index (χ1v) is 6.75. The van der Waals surface area contributed by atoms with Crippen molar-refractivity contribution in [3.05, 3.63) is 43.8 Å². The Morgan fingerprint density at radius 1 is 1.44 bits per heavy atom. The summed E-state index contributed by atoms with van der Waals surface area (Å²) in [5, 5.41) is 0.548. The number of halogens is 1. The van der Waals surface area contributed by atoms with Crippen molar-refractivity contribution in [3.63, 3.8) is 0 Å². The maximum atomic E-state index is 12.2. The second kappa shape index (κ2) is 5.09. The zero-order valence-electron chi connectivity index (χ0n) is 9.94. The molecule has 0 spiro atoms. The van der Waals surface area contributed by atoms with Crippen LogP contribution in [0, 0.1) is 3.57 Å². The Bertz CT molecular complexity index is 676. The van der Waals surface area contributed by atoms with Crippen LogP contribution in [0.3, 0.4) is 0 Å². The average Bonchev–Trinajstić information content (AvgIpc) is 2.32. The number of hydrogen-bond acceptors (Lipinski definition) is 2. The van der Waals surface area contributed by atoms with E-state index in [9.17, 15) is 9.59 Å². The number of rotatable bonds is 3. The molecule has 4 nitrogen and oxygen atoms in total.